The number of nitrogens with zero attached hydrogens (tertiary/aromatic N) is 2. The van der Waals surface area contributed by atoms with Gasteiger partial charge in [0.25, 0.3) is 0 Å². The minimum Gasteiger partial charge on any atom is -0.383 e. The summed E-state index contributed by atoms with van der Waals surface area (Å²) >= 11 is 0. The van der Waals surface area contributed by atoms with E-state index < -0.39 is 0 Å². The van der Waals surface area contributed by atoms with Gasteiger partial charge in [0, 0.05) is 26.5 Å². The Morgan fingerprint density at radius 2 is 2.28 bits per heavy atom. The van der Waals surface area contributed by atoms with Crippen molar-refractivity contribution in [2.75, 3.05) is 32.8 Å². The number of nitrogens with one attached hydrogen (secondary N) is 2. The fourth-order valence-corrected chi connectivity index (χ4v) is 1.41. The highest BCUT2D eigenvalue weighted by molar-refractivity contribution is 5.88. The Labute approximate surface area is 106 Å². The van der Waals surface area contributed by atoms with Crippen LogP contribution in [0.25, 0.3) is 0 Å². The zero-order valence-corrected chi connectivity index (χ0v) is 11.0. The van der Waals surface area contributed by atoms with E-state index in [-0.39, 0.29) is 12.1 Å². The molecule has 1 unspecified atom stereocenters. The molecule has 1 aromatic heterocycles. The Kier molecular flexibility index (Phi) is 6.16. The summed E-state index contributed by atoms with van der Waals surface area (Å²) in [4.78, 5) is 11.6. The molecule has 0 aliphatic heterocycles. The lowest BCUT2D eigenvalue weighted by Crippen LogP contribution is -2.38. The van der Waals surface area contributed by atoms with Gasteiger partial charge in [-0.3, -0.25) is 10.00 Å². The van der Waals surface area contributed by atoms with Crippen molar-refractivity contribution in [3.63, 3.8) is 0 Å². The molecule has 0 spiro atoms. The second-order valence-corrected chi connectivity index (χ2v) is 3.91. The van der Waals surface area contributed by atoms with Gasteiger partial charge in [0.1, 0.15) is 0 Å². The SMILES string of the molecule is COCCn1ccc(NC(=O)NC(C)COC)n1. The van der Waals surface area contributed by atoms with Crippen LogP contribution in [0.1, 0.15) is 6.92 Å². The van der Waals surface area contributed by atoms with Gasteiger partial charge < -0.3 is 14.8 Å². The van der Waals surface area contributed by atoms with E-state index >= 15 is 0 Å². The van der Waals surface area contributed by atoms with Crippen LogP contribution in [0.2, 0.25) is 0 Å². The molecule has 102 valence electrons. The molecule has 0 saturated heterocycles. The van der Waals surface area contributed by atoms with E-state index in [0.29, 0.717) is 25.6 Å². The molecule has 1 heterocycles. The molecule has 0 fully saturated rings. The molecule has 1 rings (SSSR count). The molecular formula is C11H20N4O3. The van der Waals surface area contributed by atoms with E-state index in [2.05, 4.69) is 15.7 Å². The summed E-state index contributed by atoms with van der Waals surface area (Å²) in [6.45, 7) is 3.56. The van der Waals surface area contributed by atoms with Gasteiger partial charge in [-0.15, -0.1) is 0 Å². The zero-order chi connectivity index (χ0) is 13.4. The Morgan fingerprint density at radius 3 is 2.94 bits per heavy atom. The summed E-state index contributed by atoms with van der Waals surface area (Å²) in [6.07, 6.45) is 1.78. The van der Waals surface area contributed by atoms with Gasteiger partial charge in [0.15, 0.2) is 5.82 Å². The van der Waals surface area contributed by atoms with E-state index in [1.54, 1.807) is 31.2 Å². The highest BCUT2D eigenvalue weighted by atomic mass is 16.5. The Bertz CT molecular complexity index is 367. The van der Waals surface area contributed by atoms with Crippen molar-refractivity contribution < 1.29 is 14.3 Å². The van der Waals surface area contributed by atoms with Crippen LogP contribution in [0.15, 0.2) is 12.3 Å². The minimum atomic E-state index is -0.295. The Balaban J connectivity index is 2.37. The summed E-state index contributed by atoms with van der Waals surface area (Å²) in [5, 5.41) is 9.56. The van der Waals surface area contributed by atoms with Crippen LogP contribution in [-0.4, -0.2) is 49.3 Å². The average Bonchev–Trinajstić information content (AvgIpc) is 2.74. The second kappa shape index (κ2) is 7.67. The van der Waals surface area contributed by atoms with Crippen molar-refractivity contribution in [2.45, 2.75) is 19.5 Å². The number of amides is 2. The van der Waals surface area contributed by atoms with Crippen LogP contribution in [0.5, 0.6) is 0 Å². The maximum Gasteiger partial charge on any atom is 0.320 e. The molecule has 0 saturated carbocycles. The standard InChI is InChI=1S/C11H20N4O3/c1-9(8-18-3)12-11(16)13-10-4-5-15(14-10)6-7-17-2/h4-5,9H,6-8H2,1-3H3,(H2,12,13,14,16). The maximum absolute atomic E-state index is 11.6. The first-order valence-electron chi connectivity index (χ1n) is 5.74. The fourth-order valence-electron chi connectivity index (χ4n) is 1.41. The molecule has 0 radical (unpaired) electrons. The van der Waals surface area contributed by atoms with E-state index in [4.69, 9.17) is 9.47 Å². The molecule has 0 bridgehead atoms. The molecule has 1 atom stereocenters. The molecular weight excluding hydrogens is 236 g/mol. The first-order valence-corrected chi connectivity index (χ1v) is 5.74. The largest absolute Gasteiger partial charge is 0.383 e. The topological polar surface area (TPSA) is 77.4 Å². The van der Waals surface area contributed by atoms with Gasteiger partial charge in [-0.2, -0.15) is 5.10 Å². The van der Waals surface area contributed by atoms with Gasteiger partial charge in [0.2, 0.25) is 0 Å². The Morgan fingerprint density at radius 1 is 1.50 bits per heavy atom. The number of ether oxygens (including phenoxy) is 2. The van der Waals surface area contributed by atoms with Crippen LogP contribution in [0, 0.1) is 0 Å². The van der Waals surface area contributed by atoms with E-state index in [9.17, 15) is 4.79 Å². The number of carbonyl (C=O) groups excluding carboxylic acids is 1. The summed E-state index contributed by atoms with van der Waals surface area (Å²) < 4.78 is 11.6. The molecule has 18 heavy (non-hydrogen) atoms. The lowest BCUT2D eigenvalue weighted by Gasteiger charge is -2.12. The van der Waals surface area contributed by atoms with Crippen LogP contribution < -0.4 is 10.6 Å². The summed E-state index contributed by atoms with van der Waals surface area (Å²) in [6, 6.07) is 1.39. The molecule has 2 amide bonds. The van der Waals surface area contributed by atoms with E-state index in [1.807, 2.05) is 6.92 Å². The van der Waals surface area contributed by atoms with Gasteiger partial charge >= 0.3 is 6.03 Å². The van der Waals surface area contributed by atoms with Crippen LogP contribution in [0.4, 0.5) is 10.6 Å². The predicted octanol–water partition coefficient (Wildman–Crippen LogP) is 0.686. The van der Waals surface area contributed by atoms with Gasteiger partial charge in [0.05, 0.1) is 25.8 Å². The third kappa shape index (κ3) is 5.15. The predicted molar refractivity (Wildman–Crippen MR) is 67.6 cm³/mol. The van der Waals surface area contributed by atoms with Crippen LogP contribution in [-0.2, 0) is 16.0 Å². The highest BCUT2D eigenvalue weighted by Crippen LogP contribution is 2.02. The van der Waals surface area contributed by atoms with Crippen molar-refractivity contribution in [1.29, 1.82) is 0 Å². The summed E-state index contributed by atoms with van der Waals surface area (Å²) in [5.74, 6) is 0.508. The molecule has 0 aliphatic carbocycles. The number of aromatic nitrogens is 2. The lowest BCUT2D eigenvalue weighted by molar-refractivity contribution is 0.173. The summed E-state index contributed by atoms with van der Waals surface area (Å²) in [7, 11) is 3.22. The third-order valence-electron chi connectivity index (χ3n) is 2.20. The van der Waals surface area contributed by atoms with Gasteiger partial charge in [-0.05, 0) is 6.92 Å². The summed E-state index contributed by atoms with van der Waals surface area (Å²) in [5.41, 5.74) is 0. The molecule has 1 aromatic rings. The smallest absolute Gasteiger partial charge is 0.320 e. The first kappa shape index (κ1) is 14.5. The minimum absolute atomic E-state index is 0.0504. The van der Waals surface area contributed by atoms with Crippen molar-refractivity contribution in [3.05, 3.63) is 12.3 Å². The number of hydrogen-bond donors (Lipinski definition) is 2. The first-order chi connectivity index (χ1) is 8.65. The Hall–Kier alpha value is -1.60. The molecule has 0 aromatic carbocycles. The molecule has 2 N–H and O–H groups in total. The number of urea groups is 1. The fraction of sp³-hybridized carbons (Fsp3) is 0.636. The van der Waals surface area contributed by atoms with Crippen molar-refractivity contribution >= 4 is 11.8 Å². The number of hydrogen-bond acceptors (Lipinski definition) is 4. The number of methoxy groups -OCH3 is 2. The van der Waals surface area contributed by atoms with Crippen molar-refractivity contribution in [3.8, 4) is 0 Å². The highest BCUT2D eigenvalue weighted by Gasteiger charge is 2.08. The van der Waals surface area contributed by atoms with E-state index in [0.717, 1.165) is 0 Å². The molecule has 7 heteroatoms. The molecule has 7 nitrogen and oxygen atoms in total. The van der Waals surface area contributed by atoms with Crippen LogP contribution >= 0.6 is 0 Å². The second-order valence-electron chi connectivity index (χ2n) is 3.91. The number of carbonyl (C=O) groups is 1. The van der Waals surface area contributed by atoms with Gasteiger partial charge in [-0.25, -0.2) is 4.79 Å². The zero-order valence-electron chi connectivity index (χ0n) is 11.0. The molecule has 0 aliphatic rings. The number of rotatable bonds is 7. The average molecular weight is 256 g/mol. The van der Waals surface area contributed by atoms with E-state index in [1.165, 1.54) is 0 Å². The quantitative estimate of drug-likeness (QED) is 0.752. The lowest BCUT2D eigenvalue weighted by atomic mass is 10.4. The van der Waals surface area contributed by atoms with Crippen molar-refractivity contribution in [2.24, 2.45) is 0 Å². The van der Waals surface area contributed by atoms with Crippen molar-refractivity contribution in [1.82, 2.24) is 15.1 Å². The number of anilines is 1. The maximum atomic E-state index is 11.6. The van der Waals surface area contributed by atoms with Gasteiger partial charge in [-0.1, -0.05) is 0 Å². The third-order valence-corrected chi connectivity index (χ3v) is 2.20. The normalized spacial score (nSPS) is 12.2. The monoisotopic (exact) mass is 256 g/mol. The van der Waals surface area contributed by atoms with Crippen LogP contribution in [0.3, 0.4) is 0 Å².